The van der Waals surface area contributed by atoms with Gasteiger partial charge in [0.1, 0.15) is 0 Å². The van der Waals surface area contributed by atoms with Gasteiger partial charge in [-0.25, -0.2) is 0 Å². The average Bonchev–Trinajstić information content (AvgIpc) is 2.64. The van der Waals surface area contributed by atoms with Crippen LogP contribution < -0.4 is 0 Å². The largest absolute Gasteiger partial charge is 0.303 e. The number of piperazine rings is 1. The van der Waals surface area contributed by atoms with Crippen molar-refractivity contribution in [1.82, 2.24) is 14.7 Å². The van der Waals surface area contributed by atoms with Gasteiger partial charge in [0.25, 0.3) is 0 Å². The third kappa shape index (κ3) is 2.47. The van der Waals surface area contributed by atoms with Gasteiger partial charge in [0, 0.05) is 32.2 Å². The molecule has 0 radical (unpaired) electrons. The molecule has 2 aliphatic rings. The van der Waals surface area contributed by atoms with Crippen molar-refractivity contribution in [2.24, 2.45) is 0 Å². The SMILES string of the molecule is CN1CCN(C)C(CN2CCCC2)C1. The summed E-state index contributed by atoms with van der Waals surface area (Å²) in [5.41, 5.74) is 0. The second kappa shape index (κ2) is 4.60. The van der Waals surface area contributed by atoms with Crippen molar-refractivity contribution in [3.05, 3.63) is 0 Å². The fourth-order valence-electron chi connectivity index (χ4n) is 2.56. The summed E-state index contributed by atoms with van der Waals surface area (Å²) in [7, 11) is 4.51. The lowest BCUT2D eigenvalue weighted by Gasteiger charge is -2.39. The Hall–Kier alpha value is -0.120. The van der Waals surface area contributed by atoms with E-state index in [-0.39, 0.29) is 0 Å². The lowest BCUT2D eigenvalue weighted by atomic mass is 10.2. The molecule has 14 heavy (non-hydrogen) atoms. The van der Waals surface area contributed by atoms with Crippen molar-refractivity contribution < 1.29 is 0 Å². The summed E-state index contributed by atoms with van der Waals surface area (Å²) in [6.07, 6.45) is 2.82. The van der Waals surface area contributed by atoms with Gasteiger partial charge in [-0.15, -0.1) is 0 Å². The maximum Gasteiger partial charge on any atom is 0.0347 e. The Kier molecular flexibility index (Phi) is 3.42. The monoisotopic (exact) mass is 197 g/mol. The number of likely N-dealkylation sites (N-methyl/N-ethyl adjacent to an activating group) is 2. The standard InChI is InChI=1S/C11H23N3/c1-12-7-8-13(2)11(9-12)10-14-5-3-4-6-14/h11H,3-10H2,1-2H3. The highest BCUT2D eigenvalue weighted by atomic mass is 15.3. The molecular formula is C11H23N3. The lowest BCUT2D eigenvalue weighted by Crippen LogP contribution is -2.54. The zero-order chi connectivity index (χ0) is 9.97. The highest BCUT2D eigenvalue weighted by molar-refractivity contribution is 4.82. The minimum atomic E-state index is 0.756. The van der Waals surface area contributed by atoms with Crippen LogP contribution in [0.15, 0.2) is 0 Å². The highest BCUT2D eigenvalue weighted by Crippen LogP contribution is 2.12. The Morgan fingerprint density at radius 2 is 1.71 bits per heavy atom. The van der Waals surface area contributed by atoms with Gasteiger partial charge in [-0.1, -0.05) is 0 Å². The highest BCUT2D eigenvalue weighted by Gasteiger charge is 2.25. The second-order valence-corrected chi connectivity index (χ2v) is 4.90. The molecule has 0 saturated carbocycles. The van der Waals surface area contributed by atoms with E-state index >= 15 is 0 Å². The molecule has 0 aromatic heterocycles. The van der Waals surface area contributed by atoms with Crippen molar-refractivity contribution in [2.45, 2.75) is 18.9 Å². The molecule has 3 heteroatoms. The zero-order valence-corrected chi connectivity index (χ0v) is 9.58. The van der Waals surface area contributed by atoms with Crippen LogP contribution in [0.25, 0.3) is 0 Å². The van der Waals surface area contributed by atoms with Crippen LogP contribution in [-0.2, 0) is 0 Å². The molecule has 2 fully saturated rings. The predicted octanol–water partition coefficient (Wildman–Crippen LogP) is 0.328. The Bertz CT molecular complexity index is 177. The van der Waals surface area contributed by atoms with Crippen LogP contribution in [0.1, 0.15) is 12.8 Å². The molecule has 82 valence electrons. The van der Waals surface area contributed by atoms with Gasteiger partial charge in [0.2, 0.25) is 0 Å². The smallest absolute Gasteiger partial charge is 0.0347 e. The van der Waals surface area contributed by atoms with Gasteiger partial charge in [-0.05, 0) is 40.0 Å². The van der Waals surface area contributed by atoms with Crippen molar-refractivity contribution in [1.29, 1.82) is 0 Å². The van der Waals surface area contributed by atoms with E-state index in [9.17, 15) is 0 Å². The summed E-state index contributed by atoms with van der Waals surface area (Å²) in [4.78, 5) is 7.61. The summed E-state index contributed by atoms with van der Waals surface area (Å²) >= 11 is 0. The van der Waals surface area contributed by atoms with Crippen molar-refractivity contribution in [3.63, 3.8) is 0 Å². The maximum atomic E-state index is 2.63. The number of hydrogen-bond donors (Lipinski definition) is 0. The van der Waals surface area contributed by atoms with E-state index in [2.05, 4.69) is 28.8 Å². The van der Waals surface area contributed by atoms with Gasteiger partial charge in [-0.2, -0.15) is 0 Å². The van der Waals surface area contributed by atoms with Crippen LogP contribution in [0, 0.1) is 0 Å². The third-order valence-electron chi connectivity index (χ3n) is 3.65. The summed E-state index contributed by atoms with van der Waals surface area (Å²) < 4.78 is 0. The number of likely N-dealkylation sites (tertiary alicyclic amines) is 1. The number of hydrogen-bond acceptors (Lipinski definition) is 3. The Morgan fingerprint density at radius 1 is 1.00 bits per heavy atom. The van der Waals surface area contributed by atoms with Crippen LogP contribution >= 0.6 is 0 Å². The summed E-state index contributed by atoms with van der Waals surface area (Å²) in [5, 5.41) is 0. The first-order valence-electron chi connectivity index (χ1n) is 5.87. The average molecular weight is 197 g/mol. The van der Waals surface area contributed by atoms with E-state index in [1.54, 1.807) is 0 Å². The molecule has 1 unspecified atom stereocenters. The Morgan fingerprint density at radius 3 is 2.43 bits per heavy atom. The van der Waals surface area contributed by atoms with E-state index < -0.39 is 0 Å². The molecule has 0 aromatic rings. The van der Waals surface area contributed by atoms with Crippen molar-refractivity contribution in [3.8, 4) is 0 Å². The summed E-state index contributed by atoms with van der Waals surface area (Å²) in [6, 6.07) is 0.756. The Labute approximate surface area is 87.7 Å². The molecule has 0 aromatic carbocycles. The van der Waals surface area contributed by atoms with Crippen LogP contribution in [0.3, 0.4) is 0 Å². The van der Waals surface area contributed by atoms with E-state index in [4.69, 9.17) is 0 Å². The quantitative estimate of drug-likeness (QED) is 0.631. The maximum absolute atomic E-state index is 2.63. The fourth-order valence-corrected chi connectivity index (χ4v) is 2.56. The van der Waals surface area contributed by atoms with E-state index in [1.807, 2.05) is 0 Å². The van der Waals surface area contributed by atoms with Gasteiger partial charge in [0.15, 0.2) is 0 Å². The number of rotatable bonds is 2. The summed E-state index contributed by atoms with van der Waals surface area (Å²) in [5.74, 6) is 0. The first kappa shape index (κ1) is 10.4. The predicted molar refractivity (Wildman–Crippen MR) is 59.6 cm³/mol. The van der Waals surface area contributed by atoms with Gasteiger partial charge in [-0.3, -0.25) is 4.90 Å². The van der Waals surface area contributed by atoms with Gasteiger partial charge in [0.05, 0.1) is 0 Å². The molecular weight excluding hydrogens is 174 g/mol. The molecule has 2 saturated heterocycles. The molecule has 0 spiro atoms. The second-order valence-electron chi connectivity index (χ2n) is 4.90. The van der Waals surface area contributed by atoms with Crippen molar-refractivity contribution >= 4 is 0 Å². The van der Waals surface area contributed by atoms with Crippen LogP contribution in [0.4, 0.5) is 0 Å². The van der Waals surface area contributed by atoms with E-state index in [1.165, 1.54) is 52.1 Å². The minimum absolute atomic E-state index is 0.756. The molecule has 3 nitrogen and oxygen atoms in total. The van der Waals surface area contributed by atoms with Crippen LogP contribution in [0.5, 0.6) is 0 Å². The first-order valence-corrected chi connectivity index (χ1v) is 5.87. The first-order chi connectivity index (χ1) is 6.75. The summed E-state index contributed by atoms with van der Waals surface area (Å²) in [6.45, 7) is 7.64. The van der Waals surface area contributed by atoms with E-state index in [0.717, 1.165) is 6.04 Å². The van der Waals surface area contributed by atoms with E-state index in [0.29, 0.717) is 0 Å². The molecule has 0 bridgehead atoms. The van der Waals surface area contributed by atoms with Gasteiger partial charge < -0.3 is 9.80 Å². The topological polar surface area (TPSA) is 9.72 Å². The lowest BCUT2D eigenvalue weighted by molar-refractivity contribution is 0.0890. The minimum Gasteiger partial charge on any atom is -0.303 e. The molecule has 0 amide bonds. The number of nitrogens with zero attached hydrogens (tertiary/aromatic N) is 3. The Balaban J connectivity index is 1.82. The normalized spacial score (nSPS) is 32.6. The zero-order valence-electron chi connectivity index (χ0n) is 9.58. The molecule has 1 atom stereocenters. The fraction of sp³-hybridized carbons (Fsp3) is 1.00. The molecule has 2 aliphatic heterocycles. The van der Waals surface area contributed by atoms with Crippen LogP contribution in [0.2, 0.25) is 0 Å². The molecule has 0 N–H and O–H groups in total. The third-order valence-corrected chi connectivity index (χ3v) is 3.65. The van der Waals surface area contributed by atoms with Gasteiger partial charge >= 0.3 is 0 Å². The molecule has 2 heterocycles. The molecule has 0 aliphatic carbocycles. The molecule has 2 rings (SSSR count). The van der Waals surface area contributed by atoms with Crippen LogP contribution in [-0.4, -0.2) is 74.1 Å². The van der Waals surface area contributed by atoms with Crippen molar-refractivity contribution in [2.75, 3.05) is 53.4 Å².